The Kier molecular flexibility index (Phi) is 4.85. The molecule has 0 saturated heterocycles. The number of ketones is 1. The van der Waals surface area contributed by atoms with E-state index in [0.717, 1.165) is 0 Å². The molecular formula is C14H18N2O4. The van der Waals surface area contributed by atoms with Gasteiger partial charge < -0.3 is 9.84 Å². The van der Waals surface area contributed by atoms with Gasteiger partial charge in [-0.05, 0) is 45.0 Å². The molecule has 6 heteroatoms. The van der Waals surface area contributed by atoms with Crippen molar-refractivity contribution in [3.63, 3.8) is 0 Å². The van der Waals surface area contributed by atoms with E-state index in [2.05, 4.69) is 10.5 Å². The van der Waals surface area contributed by atoms with E-state index in [1.807, 2.05) is 0 Å². The third-order valence-corrected chi connectivity index (χ3v) is 2.09. The number of anilines is 1. The molecule has 108 valence electrons. The van der Waals surface area contributed by atoms with Crippen LogP contribution in [0, 0.1) is 0 Å². The highest BCUT2D eigenvalue weighted by atomic mass is 16.6. The number of nitrogens with one attached hydrogen (secondary N) is 1. The Labute approximate surface area is 117 Å². The number of aromatic hydroxyl groups is 1. The maximum absolute atomic E-state index is 11.8. The number of phenols is 1. The second kappa shape index (κ2) is 6.18. The van der Waals surface area contributed by atoms with E-state index in [9.17, 15) is 9.59 Å². The van der Waals surface area contributed by atoms with Crippen molar-refractivity contribution in [2.24, 2.45) is 5.10 Å². The number of carbonyl (C=O) groups is 2. The number of phenolic OH excluding ortho intramolecular Hbond substituents is 1. The van der Waals surface area contributed by atoms with Crippen molar-refractivity contribution in [3.8, 4) is 5.75 Å². The molecule has 1 aromatic carbocycles. The Morgan fingerprint density at radius 1 is 1.20 bits per heavy atom. The molecule has 20 heavy (non-hydrogen) atoms. The van der Waals surface area contributed by atoms with Crippen LogP contribution >= 0.6 is 0 Å². The Bertz CT molecular complexity index is 527. The molecule has 0 radical (unpaired) electrons. The van der Waals surface area contributed by atoms with Crippen LogP contribution in [0.25, 0.3) is 0 Å². The fourth-order valence-corrected chi connectivity index (χ4v) is 1.25. The van der Waals surface area contributed by atoms with Gasteiger partial charge in [0, 0.05) is 6.92 Å². The van der Waals surface area contributed by atoms with E-state index in [0.29, 0.717) is 5.69 Å². The van der Waals surface area contributed by atoms with Crippen LogP contribution < -0.4 is 5.43 Å². The summed E-state index contributed by atoms with van der Waals surface area (Å²) in [6, 6.07) is 6.04. The fraction of sp³-hybridized carbons (Fsp3) is 0.357. The Morgan fingerprint density at radius 2 is 1.75 bits per heavy atom. The fourth-order valence-electron chi connectivity index (χ4n) is 1.25. The average Bonchev–Trinajstić information content (AvgIpc) is 2.29. The number of hydrazone groups is 1. The maximum atomic E-state index is 11.8. The number of carbonyl (C=O) groups excluding carboxylic acids is 2. The van der Waals surface area contributed by atoms with Gasteiger partial charge in [-0.2, -0.15) is 5.10 Å². The minimum atomic E-state index is -0.781. The molecule has 6 nitrogen and oxygen atoms in total. The standard InChI is InChI=1S/C14H18N2O4/c1-9(17)12(13(19)20-14(2,3)4)16-15-10-5-7-11(18)8-6-10/h5-8,15,18H,1-4H3/b16-12+. The molecule has 0 amide bonds. The van der Waals surface area contributed by atoms with Crippen LogP contribution in [0.2, 0.25) is 0 Å². The molecule has 0 aliphatic heterocycles. The van der Waals surface area contributed by atoms with E-state index < -0.39 is 17.4 Å². The second-order valence-corrected chi connectivity index (χ2v) is 5.18. The zero-order valence-corrected chi connectivity index (χ0v) is 11.9. The minimum absolute atomic E-state index is 0.110. The van der Waals surface area contributed by atoms with Crippen molar-refractivity contribution < 1.29 is 19.4 Å². The predicted molar refractivity (Wildman–Crippen MR) is 75.7 cm³/mol. The van der Waals surface area contributed by atoms with Crippen LogP contribution in [-0.2, 0) is 14.3 Å². The monoisotopic (exact) mass is 278 g/mol. The lowest BCUT2D eigenvalue weighted by Crippen LogP contribution is -2.32. The van der Waals surface area contributed by atoms with Crippen LogP contribution in [0.1, 0.15) is 27.7 Å². The summed E-state index contributed by atoms with van der Waals surface area (Å²) >= 11 is 0. The summed E-state index contributed by atoms with van der Waals surface area (Å²) in [6.07, 6.45) is 0. The highest BCUT2D eigenvalue weighted by Crippen LogP contribution is 2.14. The minimum Gasteiger partial charge on any atom is -0.508 e. The van der Waals surface area contributed by atoms with E-state index in [1.54, 1.807) is 32.9 Å². The molecule has 0 aliphatic rings. The smallest absolute Gasteiger partial charge is 0.363 e. The zero-order chi connectivity index (χ0) is 15.3. The van der Waals surface area contributed by atoms with Gasteiger partial charge >= 0.3 is 5.97 Å². The molecule has 0 bridgehead atoms. The van der Waals surface area contributed by atoms with Crippen LogP contribution in [-0.4, -0.2) is 28.2 Å². The summed E-state index contributed by atoms with van der Waals surface area (Å²) < 4.78 is 5.10. The summed E-state index contributed by atoms with van der Waals surface area (Å²) in [7, 11) is 0. The largest absolute Gasteiger partial charge is 0.508 e. The average molecular weight is 278 g/mol. The summed E-state index contributed by atoms with van der Waals surface area (Å²) in [5.74, 6) is -1.17. The number of esters is 1. The number of hydrogen-bond acceptors (Lipinski definition) is 6. The maximum Gasteiger partial charge on any atom is 0.363 e. The Balaban J connectivity index is 2.85. The van der Waals surface area contributed by atoms with Crippen molar-refractivity contribution in [1.82, 2.24) is 0 Å². The first-order chi connectivity index (χ1) is 9.19. The van der Waals surface area contributed by atoms with E-state index >= 15 is 0 Å². The number of Topliss-reactive ketones (excluding diaryl/α,β-unsaturated/α-hetero) is 1. The summed E-state index contributed by atoms with van der Waals surface area (Å²) in [5, 5.41) is 12.9. The van der Waals surface area contributed by atoms with Gasteiger partial charge in [0.1, 0.15) is 11.4 Å². The van der Waals surface area contributed by atoms with Crippen molar-refractivity contribution in [2.45, 2.75) is 33.3 Å². The lowest BCUT2D eigenvalue weighted by Gasteiger charge is -2.19. The molecule has 0 aliphatic carbocycles. The molecule has 1 rings (SSSR count). The molecule has 0 unspecified atom stereocenters. The number of nitrogens with zero attached hydrogens (tertiary/aromatic N) is 1. The number of hydrogen-bond donors (Lipinski definition) is 2. The first-order valence-corrected chi connectivity index (χ1v) is 6.06. The van der Waals surface area contributed by atoms with E-state index in [1.165, 1.54) is 19.1 Å². The van der Waals surface area contributed by atoms with Crippen molar-refractivity contribution in [2.75, 3.05) is 5.43 Å². The molecule has 0 aromatic heterocycles. The van der Waals surface area contributed by atoms with Gasteiger partial charge in [-0.15, -0.1) is 0 Å². The van der Waals surface area contributed by atoms with Crippen LogP contribution in [0.4, 0.5) is 5.69 Å². The van der Waals surface area contributed by atoms with E-state index in [4.69, 9.17) is 9.84 Å². The normalized spacial score (nSPS) is 11.9. The summed E-state index contributed by atoms with van der Waals surface area (Å²) in [5.41, 5.74) is 2.09. The van der Waals surface area contributed by atoms with E-state index in [-0.39, 0.29) is 11.5 Å². The number of ether oxygens (including phenoxy) is 1. The molecular weight excluding hydrogens is 260 g/mol. The van der Waals surface area contributed by atoms with Gasteiger partial charge in [-0.3, -0.25) is 10.2 Å². The topological polar surface area (TPSA) is 88.0 Å². The van der Waals surface area contributed by atoms with Gasteiger partial charge in [-0.1, -0.05) is 0 Å². The molecule has 0 spiro atoms. The highest BCUT2D eigenvalue weighted by molar-refractivity contribution is 6.64. The number of benzene rings is 1. The lowest BCUT2D eigenvalue weighted by molar-refractivity contribution is -0.146. The molecule has 0 saturated carbocycles. The van der Waals surface area contributed by atoms with Crippen molar-refractivity contribution >= 4 is 23.2 Å². The summed E-state index contributed by atoms with van der Waals surface area (Å²) in [4.78, 5) is 23.3. The second-order valence-electron chi connectivity index (χ2n) is 5.18. The van der Waals surface area contributed by atoms with Crippen molar-refractivity contribution in [3.05, 3.63) is 24.3 Å². The van der Waals surface area contributed by atoms with Gasteiger partial charge in [-0.25, -0.2) is 4.79 Å². The van der Waals surface area contributed by atoms with Crippen molar-refractivity contribution in [1.29, 1.82) is 0 Å². The first kappa shape index (κ1) is 15.7. The summed E-state index contributed by atoms with van der Waals surface area (Å²) in [6.45, 7) is 6.35. The highest BCUT2D eigenvalue weighted by Gasteiger charge is 2.24. The third kappa shape index (κ3) is 5.09. The predicted octanol–water partition coefficient (Wildman–Crippen LogP) is 2.09. The van der Waals surface area contributed by atoms with Gasteiger partial charge in [0.05, 0.1) is 5.69 Å². The third-order valence-electron chi connectivity index (χ3n) is 2.09. The molecule has 1 aromatic rings. The van der Waals surface area contributed by atoms with Gasteiger partial charge in [0.15, 0.2) is 5.78 Å². The Morgan fingerprint density at radius 3 is 2.20 bits per heavy atom. The molecule has 0 atom stereocenters. The lowest BCUT2D eigenvalue weighted by atomic mass is 10.2. The molecule has 0 heterocycles. The quantitative estimate of drug-likeness (QED) is 0.289. The SMILES string of the molecule is CC(=O)/C(=N\Nc1ccc(O)cc1)C(=O)OC(C)(C)C. The first-order valence-electron chi connectivity index (χ1n) is 6.06. The number of rotatable bonds is 4. The zero-order valence-electron chi connectivity index (χ0n) is 11.9. The van der Waals surface area contributed by atoms with Crippen LogP contribution in [0.3, 0.4) is 0 Å². The molecule has 0 fully saturated rings. The van der Waals surface area contributed by atoms with Crippen LogP contribution in [0.15, 0.2) is 29.4 Å². The Hall–Kier alpha value is -2.37. The van der Waals surface area contributed by atoms with Gasteiger partial charge in [0.25, 0.3) is 0 Å². The molecule has 2 N–H and O–H groups in total. The van der Waals surface area contributed by atoms with Gasteiger partial charge in [0.2, 0.25) is 5.71 Å². The van der Waals surface area contributed by atoms with Crippen LogP contribution in [0.5, 0.6) is 5.75 Å².